The first kappa shape index (κ1) is 16.8. The summed E-state index contributed by atoms with van der Waals surface area (Å²) in [4.78, 5) is 17.1. The maximum absolute atomic E-state index is 12.5. The fourth-order valence-corrected chi connectivity index (χ4v) is 3.52. The van der Waals surface area contributed by atoms with Crippen LogP contribution in [0, 0.1) is 0 Å². The van der Waals surface area contributed by atoms with Crippen molar-refractivity contribution in [2.75, 3.05) is 18.5 Å². The van der Waals surface area contributed by atoms with E-state index in [1.54, 1.807) is 0 Å². The molecule has 0 bridgehead atoms. The monoisotopic (exact) mass is 353 g/mol. The second-order valence-electron chi connectivity index (χ2n) is 6.60. The Morgan fingerprint density at radius 2 is 2.15 bits per heavy atom. The number of hydrogen-bond acceptors (Lipinski definition) is 4. The summed E-state index contributed by atoms with van der Waals surface area (Å²) in [6.07, 6.45) is 2.74. The molecule has 1 saturated heterocycles. The Hall–Kier alpha value is -2.67. The fraction of sp³-hybridized carbons (Fsp3) is 0.421. The molecule has 0 saturated carbocycles. The van der Waals surface area contributed by atoms with Gasteiger partial charge < -0.3 is 14.6 Å². The van der Waals surface area contributed by atoms with E-state index in [9.17, 15) is 4.79 Å². The molecule has 1 amide bonds. The van der Waals surface area contributed by atoms with E-state index in [1.807, 2.05) is 41.8 Å². The van der Waals surface area contributed by atoms with Crippen molar-refractivity contribution in [1.29, 1.82) is 0 Å². The number of fused-ring (bicyclic) bond motifs is 1. The minimum absolute atomic E-state index is 0.104. The van der Waals surface area contributed by atoms with Gasteiger partial charge in [-0.15, -0.1) is 0 Å². The van der Waals surface area contributed by atoms with Crippen LogP contribution >= 0.6 is 0 Å². The molecular weight excluding hydrogens is 330 g/mol. The second kappa shape index (κ2) is 7.29. The molecule has 3 heterocycles. The summed E-state index contributed by atoms with van der Waals surface area (Å²) in [6.45, 7) is 3.82. The van der Waals surface area contributed by atoms with E-state index in [-0.39, 0.29) is 12.5 Å². The molecule has 7 nitrogen and oxygen atoms in total. The van der Waals surface area contributed by atoms with Gasteiger partial charge in [-0.3, -0.25) is 9.89 Å². The highest BCUT2D eigenvalue weighted by Gasteiger charge is 2.19. The molecule has 1 aliphatic heterocycles. The number of anilines is 1. The zero-order valence-corrected chi connectivity index (χ0v) is 14.9. The molecule has 26 heavy (non-hydrogen) atoms. The van der Waals surface area contributed by atoms with Crippen molar-refractivity contribution < 1.29 is 9.53 Å². The smallest absolute Gasteiger partial charge is 0.245 e. The number of ether oxygens (including phenoxy) is 1. The number of aromatic amines is 1. The normalized spacial score (nSPS) is 15.4. The minimum Gasteiger partial charge on any atom is -0.381 e. The SMILES string of the molecule is CCc1nc2ccccc2n1CC(=O)Nc1cc(C2CCOCC2)[nH]n1. The van der Waals surface area contributed by atoms with Gasteiger partial charge in [0.15, 0.2) is 5.82 Å². The summed E-state index contributed by atoms with van der Waals surface area (Å²) in [5, 5.41) is 10.2. The highest BCUT2D eigenvalue weighted by molar-refractivity contribution is 5.91. The Balaban J connectivity index is 1.47. The van der Waals surface area contributed by atoms with Gasteiger partial charge in [-0.05, 0) is 25.0 Å². The zero-order chi connectivity index (χ0) is 17.9. The number of benzene rings is 1. The van der Waals surface area contributed by atoms with Crippen molar-refractivity contribution in [3.63, 3.8) is 0 Å². The summed E-state index contributed by atoms with van der Waals surface area (Å²) in [5.41, 5.74) is 2.95. The number of aromatic nitrogens is 4. The molecule has 0 unspecified atom stereocenters. The quantitative estimate of drug-likeness (QED) is 0.739. The Morgan fingerprint density at radius 1 is 1.35 bits per heavy atom. The highest BCUT2D eigenvalue weighted by atomic mass is 16.5. The van der Waals surface area contributed by atoms with E-state index in [1.165, 1.54) is 0 Å². The average Bonchev–Trinajstić information content (AvgIpc) is 3.27. The lowest BCUT2D eigenvalue weighted by Gasteiger charge is -2.20. The number of para-hydroxylation sites is 2. The maximum atomic E-state index is 12.5. The van der Waals surface area contributed by atoms with Crippen LogP contribution in [0.3, 0.4) is 0 Å². The average molecular weight is 353 g/mol. The van der Waals surface area contributed by atoms with Crippen LogP contribution in [0.15, 0.2) is 30.3 Å². The highest BCUT2D eigenvalue weighted by Crippen LogP contribution is 2.26. The van der Waals surface area contributed by atoms with Crippen molar-refractivity contribution in [2.24, 2.45) is 0 Å². The summed E-state index contributed by atoms with van der Waals surface area (Å²) in [7, 11) is 0. The van der Waals surface area contributed by atoms with Crippen molar-refractivity contribution in [1.82, 2.24) is 19.7 Å². The molecule has 1 aromatic carbocycles. The van der Waals surface area contributed by atoms with Gasteiger partial charge in [0.05, 0.1) is 11.0 Å². The minimum atomic E-state index is -0.104. The molecule has 0 spiro atoms. The van der Waals surface area contributed by atoms with Gasteiger partial charge in [0.2, 0.25) is 5.91 Å². The molecule has 136 valence electrons. The predicted molar refractivity (Wildman–Crippen MR) is 99.1 cm³/mol. The molecule has 1 fully saturated rings. The number of H-pyrrole nitrogens is 1. The van der Waals surface area contributed by atoms with Gasteiger partial charge in [-0.1, -0.05) is 19.1 Å². The van der Waals surface area contributed by atoms with Gasteiger partial charge in [-0.25, -0.2) is 4.98 Å². The van der Waals surface area contributed by atoms with Crippen LogP contribution in [-0.4, -0.2) is 38.9 Å². The van der Waals surface area contributed by atoms with Crippen LogP contribution in [0.5, 0.6) is 0 Å². The van der Waals surface area contributed by atoms with Crippen molar-refractivity contribution >= 4 is 22.8 Å². The van der Waals surface area contributed by atoms with E-state index in [4.69, 9.17) is 4.74 Å². The van der Waals surface area contributed by atoms with Crippen LogP contribution in [0.1, 0.15) is 37.2 Å². The van der Waals surface area contributed by atoms with Crippen molar-refractivity contribution in [2.45, 2.75) is 38.6 Å². The Labute approximate surface area is 151 Å². The van der Waals surface area contributed by atoms with E-state index in [0.29, 0.717) is 11.7 Å². The number of rotatable bonds is 5. The van der Waals surface area contributed by atoms with E-state index < -0.39 is 0 Å². The number of carbonyl (C=O) groups is 1. The van der Waals surface area contributed by atoms with Crippen molar-refractivity contribution in [3.8, 4) is 0 Å². The van der Waals surface area contributed by atoms with Gasteiger partial charge in [-0.2, -0.15) is 5.10 Å². The Kier molecular flexibility index (Phi) is 4.71. The standard InChI is InChI=1S/C19H23N5O2/c1-2-18-20-14-5-3-4-6-16(14)24(18)12-19(25)21-17-11-15(22-23-17)13-7-9-26-10-8-13/h3-6,11,13H,2,7-10,12H2,1H3,(H2,21,22,23,25). The van der Waals surface area contributed by atoms with Gasteiger partial charge >= 0.3 is 0 Å². The molecule has 0 radical (unpaired) electrons. The number of imidazole rings is 1. The van der Waals surface area contributed by atoms with Crippen molar-refractivity contribution in [3.05, 3.63) is 41.9 Å². The molecular formula is C19H23N5O2. The molecule has 2 aromatic heterocycles. The summed E-state index contributed by atoms with van der Waals surface area (Å²) in [6, 6.07) is 9.82. The predicted octanol–water partition coefficient (Wildman–Crippen LogP) is 2.85. The molecule has 0 atom stereocenters. The molecule has 3 aromatic rings. The van der Waals surface area contributed by atoms with Gasteiger partial charge in [0, 0.05) is 37.3 Å². The van der Waals surface area contributed by atoms with E-state index in [0.717, 1.165) is 55.0 Å². The van der Waals surface area contributed by atoms with Crippen LogP contribution < -0.4 is 5.32 Å². The van der Waals surface area contributed by atoms with E-state index in [2.05, 4.69) is 20.5 Å². The molecule has 4 rings (SSSR count). The third kappa shape index (κ3) is 3.35. The van der Waals surface area contributed by atoms with E-state index >= 15 is 0 Å². The van der Waals surface area contributed by atoms with Crippen LogP contribution in [0.4, 0.5) is 5.82 Å². The first-order valence-electron chi connectivity index (χ1n) is 9.11. The number of carbonyl (C=O) groups excluding carboxylic acids is 1. The lowest BCUT2D eigenvalue weighted by atomic mass is 9.97. The molecule has 1 aliphatic rings. The topological polar surface area (TPSA) is 84.8 Å². The number of aryl methyl sites for hydroxylation is 1. The summed E-state index contributed by atoms with van der Waals surface area (Å²) < 4.78 is 7.36. The second-order valence-corrected chi connectivity index (χ2v) is 6.60. The maximum Gasteiger partial charge on any atom is 0.245 e. The number of amides is 1. The summed E-state index contributed by atoms with van der Waals surface area (Å²) >= 11 is 0. The Bertz CT molecular complexity index is 908. The first-order chi connectivity index (χ1) is 12.7. The Morgan fingerprint density at radius 3 is 2.96 bits per heavy atom. The third-order valence-corrected chi connectivity index (χ3v) is 4.88. The molecule has 7 heteroatoms. The first-order valence-corrected chi connectivity index (χ1v) is 9.11. The summed E-state index contributed by atoms with van der Waals surface area (Å²) in [5.74, 6) is 1.80. The van der Waals surface area contributed by atoms with Gasteiger partial charge in [0.25, 0.3) is 0 Å². The molecule has 0 aliphatic carbocycles. The lowest BCUT2D eigenvalue weighted by Crippen LogP contribution is -2.20. The lowest BCUT2D eigenvalue weighted by molar-refractivity contribution is -0.116. The number of hydrogen-bond donors (Lipinski definition) is 2. The van der Waals surface area contributed by atoms with Crippen LogP contribution in [0.25, 0.3) is 11.0 Å². The number of nitrogens with one attached hydrogen (secondary N) is 2. The largest absolute Gasteiger partial charge is 0.381 e. The molecule has 2 N–H and O–H groups in total. The van der Waals surface area contributed by atoms with Crippen LogP contribution in [-0.2, 0) is 22.5 Å². The number of nitrogens with zero attached hydrogens (tertiary/aromatic N) is 3. The zero-order valence-electron chi connectivity index (χ0n) is 14.9. The van der Waals surface area contributed by atoms with Crippen LogP contribution in [0.2, 0.25) is 0 Å². The third-order valence-electron chi connectivity index (χ3n) is 4.88. The fourth-order valence-electron chi connectivity index (χ4n) is 3.52. The van der Waals surface area contributed by atoms with Gasteiger partial charge in [0.1, 0.15) is 12.4 Å².